The maximum Gasteiger partial charge on any atom is 0.308 e. The van der Waals surface area contributed by atoms with Crippen molar-refractivity contribution in [3.63, 3.8) is 0 Å². The molecule has 0 bridgehead atoms. The van der Waals surface area contributed by atoms with Gasteiger partial charge in [-0.1, -0.05) is 95.0 Å². The second-order valence-electron chi connectivity index (χ2n) is 14.5. The first-order chi connectivity index (χ1) is 29.5. The molecule has 11 heteroatoms. The molecule has 0 aliphatic carbocycles. The first-order valence-corrected chi connectivity index (χ1v) is 20.2. The predicted molar refractivity (Wildman–Crippen MR) is 239 cm³/mol. The quantitative estimate of drug-likeness (QED) is 0.0878. The van der Waals surface area contributed by atoms with Crippen molar-refractivity contribution >= 4 is 29.5 Å². The molecule has 0 spiro atoms. The lowest BCUT2D eigenvalue weighted by atomic mass is 10.1. The Hall–Kier alpha value is -6.65. The van der Waals surface area contributed by atoms with E-state index in [2.05, 4.69) is 12.1 Å². The second-order valence-corrected chi connectivity index (χ2v) is 14.9. The minimum Gasteiger partial charge on any atom is -0.488 e. The van der Waals surface area contributed by atoms with Crippen LogP contribution in [0.4, 0.5) is 4.39 Å². The van der Waals surface area contributed by atoms with Crippen LogP contribution in [0.2, 0.25) is 5.02 Å². The summed E-state index contributed by atoms with van der Waals surface area (Å²) >= 11 is 6.17. The number of halogens is 2. The zero-order valence-electron chi connectivity index (χ0n) is 36.5. The molecular weight excluding hydrogens is 811 g/mol. The first-order valence-electron chi connectivity index (χ1n) is 19.8. The molecule has 0 unspecified atom stereocenters. The summed E-state index contributed by atoms with van der Waals surface area (Å²) in [4.78, 5) is 33.3. The van der Waals surface area contributed by atoms with Crippen LogP contribution in [0.25, 0.3) is 0 Å². The van der Waals surface area contributed by atoms with Gasteiger partial charge in [0.05, 0.1) is 16.1 Å². The van der Waals surface area contributed by atoms with Crippen molar-refractivity contribution in [3.8, 4) is 34.5 Å². The van der Waals surface area contributed by atoms with Crippen molar-refractivity contribution in [2.75, 3.05) is 0 Å². The highest BCUT2D eigenvalue weighted by molar-refractivity contribution is 6.31. The number of rotatable bonds is 12. The summed E-state index contributed by atoms with van der Waals surface area (Å²) in [7, 11) is 0. The SMILES string of the molecule is CC(=O)Oc1cccc(Cl)c1COc1ccc(C)cc1C.CC(=O)Oc1cccc(F)c1COc1ccc(C)cc1C.CC(=O)Oc1ccccc1COc1ccc(C)cc1C. The fourth-order valence-electron chi connectivity index (χ4n) is 6.08. The second kappa shape index (κ2) is 23.4. The molecule has 9 nitrogen and oxygen atoms in total. The summed E-state index contributed by atoms with van der Waals surface area (Å²) in [5.41, 5.74) is 8.37. The molecule has 0 aromatic heterocycles. The Bertz CT molecular complexity index is 2380. The maximum absolute atomic E-state index is 13.9. The van der Waals surface area contributed by atoms with E-state index in [4.69, 9.17) is 40.0 Å². The summed E-state index contributed by atoms with van der Waals surface area (Å²) < 4.78 is 46.5. The van der Waals surface area contributed by atoms with Gasteiger partial charge < -0.3 is 28.4 Å². The number of benzene rings is 6. The Kier molecular flexibility index (Phi) is 18.1. The molecule has 6 rings (SSSR count). The van der Waals surface area contributed by atoms with E-state index in [0.29, 0.717) is 34.4 Å². The maximum atomic E-state index is 13.9. The number of aryl methyl sites for hydroxylation is 6. The molecule has 0 atom stereocenters. The van der Waals surface area contributed by atoms with Crippen molar-refractivity contribution in [1.82, 2.24) is 0 Å². The summed E-state index contributed by atoms with van der Waals surface area (Å²) in [5, 5.41) is 0.513. The third-order valence-electron chi connectivity index (χ3n) is 9.00. The Labute approximate surface area is 368 Å². The number of ether oxygens (including phenoxy) is 6. The van der Waals surface area contributed by atoms with E-state index in [-0.39, 0.29) is 36.5 Å². The zero-order chi connectivity index (χ0) is 45.3. The molecule has 0 amide bonds. The molecule has 0 radical (unpaired) electrons. The van der Waals surface area contributed by atoms with Crippen LogP contribution in [0.1, 0.15) is 70.8 Å². The van der Waals surface area contributed by atoms with E-state index < -0.39 is 11.8 Å². The van der Waals surface area contributed by atoms with Gasteiger partial charge in [0.25, 0.3) is 0 Å². The molecule has 324 valence electrons. The van der Waals surface area contributed by atoms with Crippen LogP contribution in [-0.4, -0.2) is 17.9 Å². The zero-order valence-corrected chi connectivity index (χ0v) is 37.3. The van der Waals surface area contributed by atoms with Gasteiger partial charge >= 0.3 is 17.9 Å². The summed E-state index contributed by atoms with van der Waals surface area (Å²) in [5.74, 6) is 1.80. The third-order valence-corrected chi connectivity index (χ3v) is 9.36. The van der Waals surface area contributed by atoms with Gasteiger partial charge in [0.15, 0.2) is 0 Å². The molecular formula is C51H52ClFO9. The smallest absolute Gasteiger partial charge is 0.308 e. The lowest BCUT2D eigenvalue weighted by Gasteiger charge is -2.13. The van der Waals surface area contributed by atoms with E-state index >= 15 is 0 Å². The Balaban J connectivity index is 0.000000205. The van der Waals surface area contributed by atoms with Crippen LogP contribution < -0.4 is 28.4 Å². The minimum absolute atomic E-state index is 0.000806. The van der Waals surface area contributed by atoms with Gasteiger partial charge in [0, 0.05) is 26.3 Å². The standard InChI is InChI=1S/C17H17ClO3.C17H17FO3.C17H18O3/c2*1-11-7-8-16(12(2)9-11)20-10-14-15(18)5-4-6-17(14)21-13(3)19;1-12-8-9-16(13(2)10-12)19-11-15-6-4-5-7-17(15)20-14(3)18/h2*4-9H,10H2,1-3H3;4-10H,11H2,1-3H3. The number of hydrogen-bond donors (Lipinski definition) is 0. The molecule has 0 aliphatic heterocycles. The monoisotopic (exact) mass is 862 g/mol. The van der Waals surface area contributed by atoms with Crippen molar-refractivity contribution < 1.29 is 47.2 Å². The highest BCUT2D eigenvalue weighted by Gasteiger charge is 2.14. The molecule has 0 saturated carbocycles. The number of para-hydroxylation sites is 1. The van der Waals surface area contributed by atoms with E-state index in [9.17, 15) is 18.8 Å². The lowest BCUT2D eigenvalue weighted by molar-refractivity contribution is -0.132. The fraction of sp³-hybridized carbons (Fsp3) is 0.235. The van der Waals surface area contributed by atoms with Crippen molar-refractivity contribution in [2.24, 2.45) is 0 Å². The van der Waals surface area contributed by atoms with Crippen LogP contribution in [0, 0.1) is 47.4 Å². The Morgan fingerprint density at radius 3 is 1.31 bits per heavy atom. The highest BCUT2D eigenvalue weighted by Crippen LogP contribution is 2.30. The van der Waals surface area contributed by atoms with E-state index in [1.165, 1.54) is 44.0 Å². The van der Waals surface area contributed by atoms with Gasteiger partial charge in [0.2, 0.25) is 0 Å². The molecule has 0 saturated heterocycles. The number of carbonyl (C=O) groups is 3. The van der Waals surface area contributed by atoms with Crippen LogP contribution in [-0.2, 0) is 34.2 Å². The molecule has 62 heavy (non-hydrogen) atoms. The van der Waals surface area contributed by atoms with Gasteiger partial charge in [-0.25, -0.2) is 4.39 Å². The summed E-state index contributed by atoms with van der Waals surface area (Å²) in [6, 6.07) is 34.7. The number of hydrogen-bond acceptors (Lipinski definition) is 9. The molecule has 0 aliphatic rings. The molecule has 0 N–H and O–H groups in total. The average molecular weight is 863 g/mol. The topological polar surface area (TPSA) is 107 Å². The van der Waals surface area contributed by atoms with Gasteiger partial charge in [-0.15, -0.1) is 0 Å². The van der Waals surface area contributed by atoms with Gasteiger partial charge in [0.1, 0.15) is 60.1 Å². The number of carbonyl (C=O) groups excluding carboxylic acids is 3. The van der Waals surface area contributed by atoms with E-state index in [1.807, 2.05) is 102 Å². The third kappa shape index (κ3) is 15.1. The van der Waals surface area contributed by atoms with Crippen LogP contribution >= 0.6 is 11.6 Å². The Morgan fingerprint density at radius 1 is 0.452 bits per heavy atom. The Morgan fingerprint density at radius 2 is 0.839 bits per heavy atom. The molecule has 0 heterocycles. The molecule has 0 fully saturated rings. The van der Waals surface area contributed by atoms with Crippen LogP contribution in [0.3, 0.4) is 0 Å². The fourth-order valence-corrected chi connectivity index (χ4v) is 6.30. The van der Waals surface area contributed by atoms with Gasteiger partial charge in [-0.3, -0.25) is 14.4 Å². The lowest BCUT2D eigenvalue weighted by Crippen LogP contribution is -2.07. The van der Waals surface area contributed by atoms with Gasteiger partial charge in [-0.05, 0) is 107 Å². The van der Waals surface area contributed by atoms with Gasteiger partial charge in [-0.2, -0.15) is 0 Å². The number of esters is 3. The minimum atomic E-state index is -0.492. The van der Waals surface area contributed by atoms with Crippen molar-refractivity contribution in [1.29, 1.82) is 0 Å². The van der Waals surface area contributed by atoms with Crippen molar-refractivity contribution in [2.45, 2.75) is 82.1 Å². The average Bonchev–Trinajstić information content (AvgIpc) is 3.19. The molecule has 6 aromatic rings. The highest BCUT2D eigenvalue weighted by atomic mass is 35.5. The normalized spacial score (nSPS) is 10.2. The first kappa shape index (κ1) is 48.0. The largest absolute Gasteiger partial charge is 0.488 e. The molecule has 6 aromatic carbocycles. The van der Waals surface area contributed by atoms with Crippen molar-refractivity contribution in [3.05, 3.63) is 176 Å². The predicted octanol–water partition coefficient (Wildman–Crippen LogP) is 12.2. The summed E-state index contributed by atoms with van der Waals surface area (Å²) in [6.45, 7) is 16.6. The van der Waals surface area contributed by atoms with E-state index in [1.54, 1.807) is 30.3 Å². The van der Waals surface area contributed by atoms with E-state index in [0.717, 1.165) is 39.3 Å². The van der Waals surface area contributed by atoms with Crippen LogP contribution in [0.15, 0.2) is 115 Å². The summed E-state index contributed by atoms with van der Waals surface area (Å²) in [6.07, 6.45) is 0. The van der Waals surface area contributed by atoms with Crippen LogP contribution in [0.5, 0.6) is 34.5 Å².